The van der Waals surface area contributed by atoms with Gasteiger partial charge in [-0.2, -0.15) is 0 Å². The summed E-state index contributed by atoms with van der Waals surface area (Å²) in [6, 6.07) is 12.9. The van der Waals surface area contributed by atoms with Gasteiger partial charge in [0.25, 0.3) is 5.56 Å². The molecule has 1 aromatic carbocycles. The second-order valence-electron chi connectivity index (χ2n) is 8.35. The van der Waals surface area contributed by atoms with Crippen LogP contribution >= 0.6 is 11.3 Å². The van der Waals surface area contributed by atoms with E-state index in [-0.39, 0.29) is 5.56 Å². The normalized spacial score (nSPS) is 15.8. The zero-order chi connectivity index (χ0) is 21.2. The number of benzene rings is 1. The van der Waals surface area contributed by atoms with E-state index in [1.807, 2.05) is 18.5 Å². The molecule has 1 aliphatic rings. The van der Waals surface area contributed by atoms with Crippen molar-refractivity contribution in [3.8, 4) is 0 Å². The van der Waals surface area contributed by atoms with Crippen molar-refractivity contribution in [1.82, 2.24) is 19.9 Å². The van der Waals surface area contributed by atoms with E-state index in [1.165, 1.54) is 21.6 Å². The first-order valence-electron chi connectivity index (χ1n) is 10.8. The molecule has 158 valence electrons. The van der Waals surface area contributed by atoms with E-state index < -0.39 is 0 Å². The predicted molar refractivity (Wildman–Crippen MR) is 126 cm³/mol. The number of thiophene rings is 1. The number of nitrogens with one attached hydrogen (secondary N) is 1. The van der Waals surface area contributed by atoms with Crippen LogP contribution in [0.15, 0.2) is 59.9 Å². The highest BCUT2D eigenvalue weighted by atomic mass is 32.1. The monoisotopic (exact) mass is 430 g/mol. The maximum absolute atomic E-state index is 13.3. The molecule has 0 saturated carbocycles. The Bertz CT molecular complexity index is 1240. The minimum absolute atomic E-state index is 0.0889. The van der Waals surface area contributed by atoms with Crippen molar-refractivity contribution in [2.45, 2.75) is 45.2 Å². The lowest BCUT2D eigenvalue weighted by molar-refractivity contribution is 0.466. The van der Waals surface area contributed by atoms with Crippen molar-refractivity contribution < 1.29 is 0 Å². The number of aromatic nitrogens is 3. The van der Waals surface area contributed by atoms with Crippen LogP contribution in [-0.2, 0) is 25.8 Å². The predicted octanol–water partition coefficient (Wildman–Crippen LogP) is 3.90. The van der Waals surface area contributed by atoms with Crippen LogP contribution in [0.1, 0.15) is 33.6 Å². The fourth-order valence-electron chi connectivity index (χ4n) is 4.34. The number of nitrogens with zero attached hydrogens (tertiary/aromatic N) is 3. The molecular weight excluding hydrogens is 404 g/mol. The average molecular weight is 431 g/mol. The summed E-state index contributed by atoms with van der Waals surface area (Å²) < 4.78 is 1.75. The highest BCUT2D eigenvalue weighted by molar-refractivity contribution is 7.18. The largest absolute Gasteiger partial charge is 0.313 e. The zero-order valence-electron chi connectivity index (χ0n) is 17.7. The van der Waals surface area contributed by atoms with Gasteiger partial charge < -0.3 is 5.32 Å². The van der Waals surface area contributed by atoms with Crippen LogP contribution in [0.2, 0.25) is 0 Å². The molecule has 0 radical (unpaired) electrons. The van der Waals surface area contributed by atoms with Crippen molar-refractivity contribution >= 4 is 21.6 Å². The number of hydrogen-bond donors (Lipinski definition) is 1. The summed E-state index contributed by atoms with van der Waals surface area (Å²) in [6.07, 6.45) is 9.39. The van der Waals surface area contributed by atoms with Gasteiger partial charge in [0.2, 0.25) is 0 Å². The third-order valence-electron chi connectivity index (χ3n) is 6.08. The van der Waals surface area contributed by atoms with Crippen LogP contribution in [0.25, 0.3) is 10.2 Å². The van der Waals surface area contributed by atoms with Gasteiger partial charge in [0.15, 0.2) is 0 Å². The Kier molecular flexibility index (Phi) is 5.66. The molecule has 1 N–H and O–H groups in total. The van der Waals surface area contributed by atoms with Gasteiger partial charge in [-0.25, -0.2) is 4.98 Å². The van der Waals surface area contributed by atoms with E-state index >= 15 is 0 Å². The number of fused-ring (bicyclic) bond motifs is 3. The molecule has 0 amide bonds. The van der Waals surface area contributed by atoms with Gasteiger partial charge in [0.05, 0.1) is 18.3 Å². The summed E-state index contributed by atoms with van der Waals surface area (Å²) >= 11 is 1.69. The van der Waals surface area contributed by atoms with Crippen LogP contribution in [0.5, 0.6) is 0 Å². The molecule has 1 aliphatic carbocycles. The van der Waals surface area contributed by atoms with E-state index in [1.54, 1.807) is 22.2 Å². The molecule has 0 unspecified atom stereocenters. The van der Waals surface area contributed by atoms with Gasteiger partial charge in [-0.3, -0.25) is 14.3 Å². The second-order valence-corrected chi connectivity index (χ2v) is 9.44. The summed E-state index contributed by atoms with van der Waals surface area (Å²) in [5, 5.41) is 4.53. The Morgan fingerprint density at radius 3 is 2.87 bits per heavy atom. The van der Waals surface area contributed by atoms with Crippen molar-refractivity contribution in [2.75, 3.05) is 6.54 Å². The van der Waals surface area contributed by atoms with E-state index in [4.69, 9.17) is 0 Å². The van der Waals surface area contributed by atoms with Crippen molar-refractivity contribution in [1.29, 1.82) is 0 Å². The van der Waals surface area contributed by atoms with E-state index in [0.29, 0.717) is 12.6 Å². The third kappa shape index (κ3) is 4.31. The minimum atomic E-state index is 0.0889. The van der Waals surface area contributed by atoms with Crippen molar-refractivity contribution in [2.24, 2.45) is 0 Å². The maximum Gasteiger partial charge on any atom is 0.262 e. The van der Waals surface area contributed by atoms with Crippen LogP contribution in [0.4, 0.5) is 0 Å². The molecule has 0 spiro atoms. The third-order valence-corrected chi connectivity index (χ3v) is 7.24. The van der Waals surface area contributed by atoms with E-state index in [9.17, 15) is 4.79 Å². The van der Waals surface area contributed by atoms with E-state index in [0.717, 1.165) is 48.0 Å². The second kappa shape index (κ2) is 8.73. The molecule has 31 heavy (non-hydrogen) atoms. The zero-order valence-corrected chi connectivity index (χ0v) is 18.5. The molecule has 0 saturated heterocycles. The number of rotatable bonds is 6. The summed E-state index contributed by atoms with van der Waals surface area (Å²) in [5.41, 5.74) is 4.91. The summed E-state index contributed by atoms with van der Waals surface area (Å²) in [6.45, 7) is 3.57. The standard InChI is InChI=1S/C25H26N4OS/c1-17-4-6-19(7-5-17)15-29-16-28-24-23(25(29)30)21-9-8-20(13-22(21)31-24)27-12-10-18-3-2-11-26-14-18/h2-7,11,14,16,20,27H,8-10,12-13,15H2,1H3/t20-/m1/s1. The van der Waals surface area contributed by atoms with Gasteiger partial charge >= 0.3 is 0 Å². The Labute approximate surface area is 185 Å². The van der Waals surface area contributed by atoms with Gasteiger partial charge in [0, 0.05) is 23.3 Å². The Morgan fingerprint density at radius 2 is 2.06 bits per heavy atom. The molecule has 5 rings (SSSR count). The molecule has 1 atom stereocenters. The topological polar surface area (TPSA) is 59.8 Å². The smallest absolute Gasteiger partial charge is 0.262 e. The molecule has 0 aliphatic heterocycles. The fraction of sp³-hybridized carbons (Fsp3) is 0.320. The Morgan fingerprint density at radius 1 is 1.19 bits per heavy atom. The van der Waals surface area contributed by atoms with E-state index in [2.05, 4.69) is 52.5 Å². The summed E-state index contributed by atoms with van der Waals surface area (Å²) in [5.74, 6) is 0. The summed E-state index contributed by atoms with van der Waals surface area (Å²) in [7, 11) is 0. The molecule has 0 fully saturated rings. The van der Waals surface area contributed by atoms with Crippen LogP contribution in [0, 0.1) is 6.92 Å². The number of hydrogen-bond acceptors (Lipinski definition) is 5. The molecular formula is C25H26N4OS. The SMILES string of the molecule is Cc1ccc(Cn2cnc3sc4c(c3c2=O)CC[C@@H](NCCc2cccnc2)C4)cc1. The number of pyridine rings is 1. The van der Waals surface area contributed by atoms with Crippen molar-refractivity contribution in [3.05, 3.63) is 92.6 Å². The first-order valence-corrected chi connectivity index (χ1v) is 11.7. The fourth-order valence-corrected chi connectivity index (χ4v) is 5.60. The first-order chi connectivity index (χ1) is 15.2. The lowest BCUT2D eigenvalue weighted by Crippen LogP contribution is -2.35. The van der Waals surface area contributed by atoms with Crippen LogP contribution in [0.3, 0.4) is 0 Å². The van der Waals surface area contributed by atoms with Crippen LogP contribution < -0.4 is 10.9 Å². The van der Waals surface area contributed by atoms with Crippen molar-refractivity contribution in [3.63, 3.8) is 0 Å². The van der Waals surface area contributed by atoms with Crippen LogP contribution in [-0.4, -0.2) is 27.1 Å². The van der Waals surface area contributed by atoms with Gasteiger partial charge in [-0.1, -0.05) is 35.9 Å². The molecule has 3 heterocycles. The number of aryl methyl sites for hydroxylation is 2. The van der Waals surface area contributed by atoms with Gasteiger partial charge in [-0.15, -0.1) is 11.3 Å². The molecule has 3 aromatic heterocycles. The average Bonchev–Trinajstić information content (AvgIpc) is 3.16. The van der Waals surface area contributed by atoms with Gasteiger partial charge in [0.1, 0.15) is 4.83 Å². The molecule has 5 nitrogen and oxygen atoms in total. The Balaban J connectivity index is 1.31. The molecule has 6 heteroatoms. The lowest BCUT2D eigenvalue weighted by Gasteiger charge is -2.23. The maximum atomic E-state index is 13.3. The first kappa shape index (κ1) is 20.1. The summed E-state index contributed by atoms with van der Waals surface area (Å²) in [4.78, 5) is 24.3. The minimum Gasteiger partial charge on any atom is -0.313 e. The quantitative estimate of drug-likeness (QED) is 0.504. The molecule has 4 aromatic rings. The highest BCUT2D eigenvalue weighted by Gasteiger charge is 2.25. The lowest BCUT2D eigenvalue weighted by atomic mass is 9.93. The highest BCUT2D eigenvalue weighted by Crippen LogP contribution is 2.33. The Hall–Kier alpha value is -2.83. The van der Waals surface area contributed by atoms with Gasteiger partial charge in [-0.05, 0) is 61.9 Å². The molecule has 0 bridgehead atoms.